The molecule has 0 atom stereocenters. The molecule has 0 aliphatic heterocycles. The highest BCUT2D eigenvalue weighted by molar-refractivity contribution is 6.31. The average Bonchev–Trinajstić information content (AvgIpc) is 2.44. The van der Waals surface area contributed by atoms with E-state index in [9.17, 15) is 0 Å². The maximum absolute atomic E-state index is 5.63. The van der Waals surface area contributed by atoms with Gasteiger partial charge in [0.2, 0.25) is 9.76 Å². The molecule has 20 heavy (non-hydrogen) atoms. The van der Waals surface area contributed by atoms with Gasteiger partial charge in [0, 0.05) is 6.42 Å². The van der Waals surface area contributed by atoms with E-state index >= 15 is 0 Å². The molecule has 0 bridgehead atoms. The Morgan fingerprint density at radius 3 is 2.05 bits per heavy atom. The SMILES string of the molecule is CCCCCCCCCCC#CCO[Si]C(C)(C)CC. The number of rotatable bonds is 12. The molecule has 0 spiro atoms. The first-order valence-electron chi connectivity index (χ1n) is 8.47. The van der Waals surface area contributed by atoms with Gasteiger partial charge in [0.1, 0.15) is 0 Å². The lowest BCUT2D eigenvalue weighted by atomic mass is 10.1. The third-order valence-electron chi connectivity index (χ3n) is 3.66. The molecule has 0 N–H and O–H groups in total. The second-order valence-corrected chi connectivity index (χ2v) is 8.05. The second kappa shape index (κ2) is 13.7. The lowest BCUT2D eigenvalue weighted by Crippen LogP contribution is -2.15. The van der Waals surface area contributed by atoms with Crippen LogP contribution in [0.5, 0.6) is 0 Å². The molecule has 0 saturated heterocycles. The monoisotopic (exact) mass is 294 g/mol. The Kier molecular flexibility index (Phi) is 13.5. The number of hydrogen-bond donors (Lipinski definition) is 0. The van der Waals surface area contributed by atoms with Crippen LogP contribution in [0.25, 0.3) is 0 Å². The van der Waals surface area contributed by atoms with Gasteiger partial charge in [0.25, 0.3) is 0 Å². The third kappa shape index (κ3) is 14.2. The minimum absolute atomic E-state index is 0.319. The molecule has 1 nitrogen and oxygen atoms in total. The minimum atomic E-state index is 0.319. The Bertz CT molecular complexity index is 262. The van der Waals surface area contributed by atoms with Gasteiger partial charge in [-0.05, 0) is 11.5 Å². The van der Waals surface area contributed by atoms with Crippen molar-refractivity contribution in [2.24, 2.45) is 0 Å². The van der Waals surface area contributed by atoms with Crippen LogP contribution >= 0.6 is 0 Å². The van der Waals surface area contributed by atoms with E-state index in [1.807, 2.05) is 0 Å². The zero-order valence-electron chi connectivity index (χ0n) is 14.2. The summed E-state index contributed by atoms with van der Waals surface area (Å²) in [6.07, 6.45) is 13.2. The fourth-order valence-corrected chi connectivity index (χ4v) is 2.51. The molecule has 0 unspecified atom stereocenters. The summed E-state index contributed by atoms with van der Waals surface area (Å²) < 4.78 is 5.63. The molecule has 0 saturated carbocycles. The Morgan fingerprint density at radius 1 is 0.850 bits per heavy atom. The van der Waals surface area contributed by atoms with E-state index in [0.717, 1.165) is 12.8 Å². The molecule has 0 heterocycles. The van der Waals surface area contributed by atoms with Crippen molar-refractivity contribution in [1.82, 2.24) is 0 Å². The zero-order chi connectivity index (χ0) is 15.1. The van der Waals surface area contributed by atoms with Crippen molar-refractivity contribution in [1.29, 1.82) is 0 Å². The Labute approximate surface area is 130 Å². The first kappa shape index (κ1) is 19.7. The van der Waals surface area contributed by atoms with Crippen molar-refractivity contribution in [2.45, 2.75) is 96.9 Å². The number of unbranched alkanes of at least 4 members (excludes halogenated alkanes) is 8. The van der Waals surface area contributed by atoms with Gasteiger partial charge >= 0.3 is 0 Å². The molecule has 0 rings (SSSR count). The van der Waals surface area contributed by atoms with Gasteiger partial charge in [-0.25, -0.2) is 0 Å². The highest BCUT2D eigenvalue weighted by atomic mass is 28.2. The van der Waals surface area contributed by atoms with Crippen molar-refractivity contribution in [3.8, 4) is 11.8 Å². The van der Waals surface area contributed by atoms with E-state index in [1.165, 1.54) is 51.4 Å². The molecule has 0 aliphatic carbocycles. The van der Waals surface area contributed by atoms with Gasteiger partial charge < -0.3 is 4.43 Å². The molecule has 0 aromatic carbocycles. The predicted molar refractivity (Wildman–Crippen MR) is 91.0 cm³/mol. The van der Waals surface area contributed by atoms with E-state index in [-0.39, 0.29) is 0 Å². The van der Waals surface area contributed by atoms with E-state index in [0.29, 0.717) is 21.4 Å². The van der Waals surface area contributed by atoms with Crippen molar-refractivity contribution >= 4 is 9.76 Å². The molecule has 2 heteroatoms. The lowest BCUT2D eigenvalue weighted by molar-refractivity contribution is 0.366. The molecule has 0 aromatic rings. The van der Waals surface area contributed by atoms with Gasteiger partial charge in [-0.1, -0.05) is 85.0 Å². The van der Waals surface area contributed by atoms with Crippen LogP contribution in [0, 0.1) is 11.8 Å². The summed E-state index contributed by atoms with van der Waals surface area (Å²) in [6, 6.07) is 0. The fourth-order valence-electron chi connectivity index (χ4n) is 1.83. The van der Waals surface area contributed by atoms with Crippen molar-refractivity contribution < 1.29 is 4.43 Å². The van der Waals surface area contributed by atoms with E-state index < -0.39 is 0 Å². The molecule has 0 aromatic heterocycles. The second-order valence-electron chi connectivity index (χ2n) is 6.21. The average molecular weight is 295 g/mol. The summed E-state index contributed by atoms with van der Waals surface area (Å²) >= 11 is 0. The van der Waals surface area contributed by atoms with Crippen LogP contribution in [0.15, 0.2) is 0 Å². The van der Waals surface area contributed by atoms with Gasteiger partial charge in [0.15, 0.2) is 0 Å². The molecule has 0 aliphatic rings. The number of hydrogen-bond acceptors (Lipinski definition) is 1. The topological polar surface area (TPSA) is 9.23 Å². The van der Waals surface area contributed by atoms with Gasteiger partial charge in [-0.15, -0.1) is 5.92 Å². The van der Waals surface area contributed by atoms with Gasteiger partial charge in [0.05, 0.1) is 6.61 Å². The van der Waals surface area contributed by atoms with Crippen LogP contribution in [0.2, 0.25) is 5.04 Å². The minimum Gasteiger partial charge on any atom is -0.406 e. The van der Waals surface area contributed by atoms with Crippen molar-refractivity contribution in [3.63, 3.8) is 0 Å². The lowest BCUT2D eigenvalue weighted by Gasteiger charge is -2.18. The maximum atomic E-state index is 5.63. The first-order valence-corrected chi connectivity index (χ1v) is 9.38. The maximum Gasteiger partial charge on any atom is 0.237 e. The molecule has 0 amide bonds. The van der Waals surface area contributed by atoms with Gasteiger partial charge in [-0.3, -0.25) is 0 Å². The molecule has 2 radical (unpaired) electrons. The first-order chi connectivity index (χ1) is 9.62. The molecule has 0 fully saturated rings. The standard InChI is InChI=1S/C18H34OSi/c1-5-7-8-9-10-11-12-13-14-15-16-17-19-20-18(3,4)6-2/h5-14,17H2,1-4H3. The third-order valence-corrected chi connectivity index (χ3v) is 4.85. The summed E-state index contributed by atoms with van der Waals surface area (Å²) in [4.78, 5) is 0. The van der Waals surface area contributed by atoms with Crippen molar-refractivity contribution in [2.75, 3.05) is 6.61 Å². The Balaban J connectivity index is 3.25. The largest absolute Gasteiger partial charge is 0.406 e. The summed E-state index contributed by atoms with van der Waals surface area (Å²) in [5, 5.41) is 0.319. The Hall–Kier alpha value is -0.263. The molecular formula is C18H34OSi. The van der Waals surface area contributed by atoms with Crippen LogP contribution in [0.4, 0.5) is 0 Å². The summed E-state index contributed by atoms with van der Waals surface area (Å²) in [5.74, 6) is 6.37. The van der Waals surface area contributed by atoms with Crippen LogP contribution in [0.1, 0.15) is 91.9 Å². The highest BCUT2D eigenvalue weighted by Crippen LogP contribution is 2.26. The van der Waals surface area contributed by atoms with E-state index in [2.05, 4.69) is 39.5 Å². The molecule has 116 valence electrons. The smallest absolute Gasteiger partial charge is 0.237 e. The summed E-state index contributed by atoms with van der Waals surface area (Å²) in [6.45, 7) is 9.59. The zero-order valence-corrected chi connectivity index (χ0v) is 15.2. The predicted octanol–water partition coefficient (Wildman–Crippen LogP) is 5.76. The van der Waals surface area contributed by atoms with E-state index in [4.69, 9.17) is 4.43 Å². The van der Waals surface area contributed by atoms with Crippen molar-refractivity contribution in [3.05, 3.63) is 0 Å². The van der Waals surface area contributed by atoms with Crippen LogP contribution in [-0.4, -0.2) is 16.4 Å². The summed E-state index contributed by atoms with van der Waals surface area (Å²) in [5.41, 5.74) is 0. The Morgan fingerprint density at radius 2 is 1.45 bits per heavy atom. The molecular weight excluding hydrogens is 260 g/mol. The highest BCUT2D eigenvalue weighted by Gasteiger charge is 2.17. The fraction of sp³-hybridized carbons (Fsp3) is 0.889. The quantitative estimate of drug-likeness (QED) is 0.252. The van der Waals surface area contributed by atoms with Crippen LogP contribution in [-0.2, 0) is 4.43 Å². The normalized spacial score (nSPS) is 11.2. The summed E-state index contributed by atoms with van der Waals surface area (Å²) in [7, 11) is 0.568. The van der Waals surface area contributed by atoms with E-state index in [1.54, 1.807) is 0 Å². The van der Waals surface area contributed by atoms with Crippen LogP contribution in [0.3, 0.4) is 0 Å². The van der Waals surface area contributed by atoms with Crippen LogP contribution < -0.4 is 0 Å². The van der Waals surface area contributed by atoms with Gasteiger partial charge in [-0.2, -0.15) is 0 Å².